The predicted octanol–water partition coefficient (Wildman–Crippen LogP) is 2.80. The van der Waals surface area contributed by atoms with Gasteiger partial charge < -0.3 is 4.90 Å². The summed E-state index contributed by atoms with van der Waals surface area (Å²) >= 11 is 0. The molecule has 2 aromatic rings. The van der Waals surface area contributed by atoms with Gasteiger partial charge in [-0.1, -0.05) is 0 Å². The van der Waals surface area contributed by atoms with Crippen LogP contribution in [0.15, 0.2) is 41.6 Å². The molecule has 3 rings (SSSR count). The number of halogens is 2. The molecular formula is C16H19F2N3O2S. The maximum atomic E-state index is 12.6. The second-order valence-corrected chi connectivity index (χ2v) is 7.93. The van der Waals surface area contributed by atoms with Crippen LogP contribution < -0.4 is 4.90 Å². The average molecular weight is 355 g/mol. The molecule has 1 aliphatic rings. The van der Waals surface area contributed by atoms with E-state index in [-0.39, 0.29) is 4.90 Å². The number of sulfone groups is 1. The lowest BCUT2D eigenvalue weighted by atomic mass is 9.91. The van der Waals surface area contributed by atoms with Crippen LogP contribution in [0.5, 0.6) is 0 Å². The monoisotopic (exact) mass is 355 g/mol. The standard InChI is InChI=1S/C16H19F2N3O2S/c1-20-11-13(10-19-20)12-6-8-21(9-7-12)14-2-4-15(5-3-14)24(22,23)16(17)18/h2-5,10-12,16H,6-9H2,1H3. The van der Waals surface area contributed by atoms with Crippen molar-refractivity contribution in [1.82, 2.24) is 9.78 Å². The van der Waals surface area contributed by atoms with E-state index in [0.717, 1.165) is 31.6 Å². The zero-order valence-corrected chi connectivity index (χ0v) is 14.1. The molecule has 0 N–H and O–H groups in total. The van der Waals surface area contributed by atoms with Crippen molar-refractivity contribution in [1.29, 1.82) is 0 Å². The Morgan fingerprint density at radius 2 is 1.79 bits per heavy atom. The molecule has 0 bridgehead atoms. The molecule has 0 radical (unpaired) electrons. The number of benzene rings is 1. The van der Waals surface area contributed by atoms with Crippen LogP contribution in [-0.2, 0) is 16.9 Å². The van der Waals surface area contributed by atoms with Crippen LogP contribution >= 0.6 is 0 Å². The van der Waals surface area contributed by atoms with Crippen LogP contribution in [0, 0.1) is 0 Å². The third-order valence-corrected chi connectivity index (χ3v) is 5.85. The van der Waals surface area contributed by atoms with Crippen molar-refractivity contribution >= 4 is 15.5 Å². The second-order valence-electron chi connectivity index (χ2n) is 6.01. The molecule has 1 aliphatic heterocycles. The lowest BCUT2D eigenvalue weighted by molar-refractivity contribution is 0.234. The molecule has 130 valence electrons. The minimum absolute atomic E-state index is 0.341. The van der Waals surface area contributed by atoms with E-state index in [9.17, 15) is 17.2 Å². The number of piperidine rings is 1. The number of hydrogen-bond donors (Lipinski definition) is 0. The third-order valence-electron chi connectivity index (χ3n) is 4.46. The zero-order valence-electron chi connectivity index (χ0n) is 13.3. The Balaban J connectivity index is 1.66. The van der Waals surface area contributed by atoms with Gasteiger partial charge in [-0.3, -0.25) is 4.68 Å². The Morgan fingerprint density at radius 3 is 2.29 bits per heavy atom. The van der Waals surface area contributed by atoms with Crippen LogP contribution in [-0.4, -0.2) is 37.0 Å². The van der Waals surface area contributed by atoms with Crippen molar-refractivity contribution in [2.24, 2.45) is 7.05 Å². The topological polar surface area (TPSA) is 55.2 Å². The van der Waals surface area contributed by atoms with Crippen molar-refractivity contribution < 1.29 is 17.2 Å². The molecule has 1 saturated heterocycles. The van der Waals surface area contributed by atoms with E-state index in [1.54, 1.807) is 16.8 Å². The van der Waals surface area contributed by atoms with Crippen molar-refractivity contribution in [2.45, 2.75) is 29.4 Å². The highest BCUT2D eigenvalue weighted by Crippen LogP contribution is 2.31. The Labute approximate surface area is 139 Å². The van der Waals surface area contributed by atoms with E-state index < -0.39 is 15.6 Å². The minimum atomic E-state index is -4.53. The summed E-state index contributed by atoms with van der Waals surface area (Å²) in [7, 11) is -2.63. The summed E-state index contributed by atoms with van der Waals surface area (Å²) in [5, 5.41) is 4.20. The number of aromatic nitrogens is 2. The van der Waals surface area contributed by atoms with E-state index in [2.05, 4.69) is 10.00 Å². The molecule has 1 aromatic heterocycles. The fourth-order valence-electron chi connectivity index (χ4n) is 3.07. The Hall–Kier alpha value is -1.96. The fraction of sp³-hybridized carbons (Fsp3) is 0.438. The molecular weight excluding hydrogens is 336 g/mol. The molecule has 1 aromatic carbocycles. The van der Waals surface area contributed by atoms with E-state index in [0.29, 0.717) is 5.92 Å². The van der Waals surface area contributed by atoms with Gasteiger partial charge in [0.1, 0.15) is 0 Å². The van der Waals surface area contributed by atoms with Crippen molar-refractivity contribution in [3.63, 3.8) is 0 Å². The highest BCUT2D eigenvalue weighted by atomic mass is 32.2. The number of anilines is 1. The van der Waals surface area contributed by atoms with Crippen molar-refractivity contribution in [3.05, 3.63) is 42.2 Å². The second kappa shape index (κ2) is 6.51. The largest absolute Gasteiger partial charge is 0.371 e. The molecule has 0 atom stereocenters. The van der Waals surface area contributed by atoms with Crippen molar-refractivity contribution in [3.8, 4) is 0 Å². The van der Waals surface area contributed by atoms with Crippen LogP contribution in [0.2, 0.25) is 0 Å². The third kappa shape index (κ3) is 3.28. The Bertz CT molecular complexity index is 795. The van der Waals surface area contributed by atoms with Crippen LogP contribution in [0.25, 0.3) is 0 Å². The van der Waals surface area contributed by atoms with Gasteiger partial charge in [0.05, 0.1) is 11.1 Å². The van der Waals surface area contributed by atoms with Gasteiger partial charge in [-0.25, -0.2) is 8.42 Å². The van der Waals surface area contributed by atoms with Gasteiger partial charge in [0.25, 0.3) is 0 Å². The van der Waals surface area contributed by atoms with Crippen molar-refractivity contribution in [2.75, 3.05) is 18.0 Å². The summed E-state index contributed by atoms with van der Waals surface area (Å²) in [5.74, 6) is -2.92. The van der Waals surface area contributed by atoms with Gasteiger partial charge in [0, 0.05) is 32.0 Å². The molecule has 0 saturated carbocycles. The van der Waals surface area contributed by atoms with Crippen LogP contribution in [0.1, 0.15) is 24.3 Å². The zero-order chi connectivity index (χ0) is 17.3. The average Bonchev–Trinajstić information content (AvgIpc) is 3.01. The normalized spacial score (nSPS) is 16.8. The van der Waals surface area contributed by atoms with E-state index in [1.165, 1.54) is 17.7 Å². The molecule has 2 heterocycles. The maximum absolute atomic E-state index is 12.6. The molecule has 8 heteroatoms. The van der Waals surface area contributed by atoms with Gasteiger partial charge >= 0.3 is 5.76 Å². The molecule has 5 nitrogen and oxygen atoms in total. The summed E-state index contributed by atoms with van der Waals surface area (Å²) in [5.41, 5.74) is 2.09. The van der Waals surface area contributed by atoms with E-state index in [4.69, 9.17) is 0 Å². The molecule has 24 heavy (non-hydrogen) atoms. The van der Waals surface area contributed by atoms with E-state index in [1.807, 2.05) is 19.4 Å². The first kappa shape index (κ1) is 16.9. The quantitative estimate of drug-likeness (QED) is 0.846. The van der Waals surface area contributed by atoms with Crippen LogP contribution in [0.4, 0.5) is 14.5 Å². The molecule has 0 amide bonds. The van der Waals surface area contributed by atoms with Crippen LogP contribution in [0.3, 0.4) is 0 Å². The fourth-order valence-corrected chi connectivity index (χ4v) is 3.79. The van der Waals surface area contributed by atoms with Gasteiger partial charge in [0.15, 0.2) is 0 Å². The van der Waals surface area contributed by atoms with Gasteiger partial charge in [-0.05, 0) is 48.6 Å². The van der Waals surface area contributed by atoms with Gasteiger partial charge in [-0.2, -0.15) is 13.9 Å². The Morgan fingerprint density at radius 1 is 1.17 bits per heavy atom. The number of alkyl halides is 2. The Kier molecular flexibility index (Phi) is 4.58. The first-order valence-electron chi connectivity index (χ1n) is 7.73. The highest BCUT2D eigenvalue weighted by Gasteiger charge is 2.27. The predicted molar refractivity (Wildman–Crippen MR) is 87.0 cm³/mol. The molecule has 0 spiro atoms. The van der Waals surface area contributed by atoms with E-state index >= 15 is 0 Å². The lowest BCUT2D eigenvalue weighted by Crippen LogP contribution is -2.32. The number of hydrogen-bond acceptors (Lipinski definition) is 4. The highest BCUT2D eigenvalue weighted by molar-refractivity contribution is 7.91. The van der Waals surface area contributed by atoms with Gasteiger partial charge in [0.2, 0.25) is 9.84 Å². The maximum Gasteiger partial charge on any atom is 0.341 e. The van der Waals surface area contributed by atoms with Gasteiger partial charge in [-0.15, -0.1) is 0 Å². The first-order valence-corrected chi connectivity index (χ1v) is 9.28. The summed E-state index contributed by atoms with van der Waals surface area (Å²) < 4.78 is 49.8. The summed E-state index contributed by atoms with van der Waals surface area (Å²) in [4.78, 5) is 1.80. The number of nitrogens with zero attached hydrogens (tertiary/aromatic N) is 3. The molecule has 1 fully saturated rings. The smallest absolute Gasteiger partial charge is 0.341 e. The number of rotatable bonds is 4. The molecule has 0 aliphatic carbocycles. The first-order chi connectivity index (χ1) is 11.4. The SMILES string of the molecule is Cn1cc(C2CCN(c3ccc(S(=O)(=O)C(F)F)cc3)CC2)cn1. The number of aryl methyl sites for hydroxylation is 1. The summed E-state index contributed by atoms with van der Waals surface area (Å²) in [6.07, 6.45) is 5.88. The minimum Gasteiger partial charge on any atom is -0.371 e. The summed E-state index contributed by atoms with van der Waals surface area (Å²) in [6, 6.07) is 5.70. The summed E-state index contributed by atoms with van der Waals surface area (Å²) in [6.45, 7) is 1.67. The molecule has 0 unspecified atom stereocenters. The lowest BCUT2D eigenvalue weighted by Gasteiger charge is -2.33.